The van der Waals surface area contributed by atoms with E-state index in [1.54, 1.807) is 12.1 Å². The van der Waals surface area contributed by atoms with Crippen LogP contribution in [-0.2, 0) is 14.6 Å². The maximum Gasteiger partial charge on any atom is 0.279 e. The molecule has 1 amide bonds. The Morgan fingerprint density at radius 2 is 1.88 bits per heavy atom. The summed E-state index contributed by atoms with van der Waals surface area (Å²) in [6, 6.07) is 13.8. The van der Waals surface area contributed by atoms with E-state index in [1.165, 1.54) is 12.1 Å². The van der Waals surface area contributed by atoms with E-state index >= 15 is 0 Å². The molecule has 2 aromatic carbocycles. The van der Waals surface area contributed by atoms with Gasteiger partial charge in [-0.05, 0) is 37.3 Å². The number of carbonyl (C=O) groups excluding carboxylic acids is 1. The Morgan fingerprint density at radius 1 is 1.21 bits per heavy atom. The van der Waals surface area contributed by atoms with E-state index in [4.69, 9.17) is 11.6 Å². The number of halogens is 1. The second kappa shape index (κ2) is 7.79. The summed E-state index contributed by atoms with van der Waals surface area (Å²) in [5.41, 5.74) is 1.54. The lowest BCUT2D eigenvalue weighted by Crippen LogP contribution is -2.86. The smallest absolute Gasteiger partial charge is 0.279 e. The summed E-state index contributed by atoms with van der Waals surface area (Å²) >= 11 is 5.86. The minimum atomic E-state index is -3.30. The highest BCUT2D eigenvalue weighted by molar-refractivity contribution is 7.90. The average Bonchev–Trinajstić information content (AvgIpc) is 2.53. The van der Waals surface area contributed by atoms with Crippen LogP contribution in [0.15, 0.2) is 53.4 Å². The average molecular weight is 368 g/mol. The van der Waals surface area contributed by atoms with Crippen LogP contribution < -0.4 is 10.6 Å². The second-order valence-electron chi connectivity index (χ2n) is 5.63. The van der Waals surface area contributed by atoms with Crippen molar-refractivity contribution in [2.24, 2.45) is 0 Å². The molecule has 128 valence electrons. The van der Waals surface area contributed by atoms with Gasteiger partial charge < -0.3 is 10.6 Å². The number of benzene rings is 2. The number of carbonyl (C=O) groups is 1. The maximum absolute atomic E-state index is 12.1. The molecule has 0 bridgehead atoms. The predicted molar refractivity (Wildman–Crippen MR) is 94.8 cm³/mol. The molecule has 3 N–H and O–H groups in total. The predicted octanol–water partition coefficient (Wildman–Crippen LogP) is 2.01. The first-order chi connectivity index (χ1) is 11.3. The highest BCUT2D eigenvalue weighted by atomic mass is 35.5. The lowest BCUT2D eigenvalue weighted by molar-refractivity contribution is -0.682. The van der Waals surface area contributed by atoms with E-state index in [9.17, 15) is 13.2 Å². The van der Waals surface area contributed by atoms with Crippen LogP contribution in [0.2, 0.25) is 5.02 Å². The summed E-state index contributed by atoms with van der Waals surface area (Å²) in [5.74, 6) is -0.193. The summed E-state index contributed by atoms with van der Waals surface area (Å²) in [5, 5.41) is 5.29. The summed E-state index contributed by atoms with van der Waals surface area (Å²) in [6.45, 7) is 2.23. The molecule has 7 heteroatoms. The zero-order valence-corrected chi connectivity index (χ0v) is 15.1. The van der Waals surface area contributed by atoms with Crippen molar-refractivity contribution in [2.45, 2.75) is 17.9 Å². The highest BCUT2D eigenvalue weighted by Crippen LogP contribution is 2.15. The first kappa shape index (κ1) is 18.4. The van der Waals surface area contributed by atoms with Crippen LogP contribution in [0.3, 0.4) is 0 Å². The Balaban J connectivity index is 1.93. The molecule has 2 rings (SSSR count). The Kier molecular flexibility index (Phi) is 5.99. The van der Waals surface area contributed by atoms with Crippen LogP contribution in [0, 0.1) is 0 Å². The van der Waals surface area contributed by atoms with Crippen LogP contribution in [0.4, 0.5) is 5.69 Å². The normalized spacial score (nSPS) is 12.6. The minimum absolute atomic E-state index is 0.107. The highest BCUT2D eigenvalue weighted by Gasteiger charge is 2.13. The van der Waals surface area contributed by atoms with Gasteiger partial charge in [0, 0.05) is 22.5 Å². The van der Waals surface area contributed by atoms with Gasteiger partial charge in [-0.1, -0.05) is 29.8 Å². The molecule has 0 saturated carbocycles. The van der Waals surface area contributed by atoms with Crippen molar-refractivity contribution >= 4 is 33.0 Å². The van der Waals surface area contributed by atoms with E-state index in [0.717, 1.165) is 11.8 Å². The van der Waals surface area contributed by atoms with Crippen molar-refractivity contribution in [2.75, 3.05) is 18.1 Å². The van der Waals surface area contributed by atoms with E-state index in [2.05, 4.69) is 5.32 Å². The quantitative estimate of drug-likeness (QED) is 0.819. The first-order valence-electron chi connectivity index (χ1n) is 7.44. The molecule has 0 spiro atoms. The fraction of sp³-hybridized carbons (Fsp3) is 0.235. The van der Waals surface area contributed by atoms with Gasteiger partial charge in [-0.25, -0.2) is 8.42 Å². The number of anilines is 1. The van der Waals surface area contributed by atoms with Crippen LogP contribution in [0.5, 0.6) is 0 Å². The number of amides is 1. The topological polar surface area (TPSA) is 79.8 Å². The van der Waals surface area contributed by atoms with Gasteiger partial charge in [-0.3, -0.25) is 4.79 Å². The van der Waals surface area contributed by atoms with Gasteiger partial charge in [0.15, 0.2) is 16.4 Å². The minimum Gasteiger partial charge on any atom is -0.333 e. The molecule has 0 aliphatic carbocycles. The molecule has 1 atom stereocenters. The molecule has 0 radical (unpaired) electrons. The summed E-state index contributed by atoms with van der Waals surface area (Å²) in [4.78, 5) is 12.2. The number of sulfone groups is 1. The molecule has 0 aromatic heterocycles. The fourth-order valence-corrected chi connectivity index (χ4v) is 3.00. The van der Waals surface area contributed by atoms with Crippen molar-refractivity contribution in [1.29, 1.82) is 0 Å². The monoisotopic (exact) mass is 367 g/mol. The van der Waals surface area contributed by atoms with Crippen LogP contribution >= 0.6 is 11.6 Å². The number of nitrogens with two attached hydrogens (primary N) is 1. The van der Waals surface area contributed by atoms with Crippen LogP contribution in [0.1, 0.15) is 18.5 Å². The van der Waals surface area contributed by atoms with Crippen molar-refractivity contribution in [3.8, 4) is 0 Å². The number of hydrogen-bond donors (Lipinski definition) is 2. The lowest BCUT2D eigenvalue weighted by Gasteiger charge is -2.11. The molecule has 24 heavy (non-hydrogen) atoms. The summed E-state index contributed by atoms with van der Waals surface area (Å²) in [6.07, 6.45) is 1.13. The summed E-state index contributed by atoms with van der Waals surface area (Å²) in [7, 11) is -3.30. The van der Waals surface area contributed by atoms with E-state index in [0.29, 0.717) is 10.7 Å². The Labute approximate surface area is 147 Å². The number of rotatable bonds is 6. The first-order valence-corrected chi connectivity index (χ1v) is 9.71. The fourth-order valence-electron chi connectivity index (χ4n) is 2.20. The van der Waals surface area contributed by atoms with Gasteiger partial charge in [-0.2, -0.15) is 0 Å². The zero-order valence-electron chi connectivity index (χ0n) is 13.5. The molecule has 0 heterocycles. The molecular formula is C17H20ClN2O3S+. The third-order valence-corrected chi connectivity index (χ3v) is 4.96. The van der Waals surface area contributed by atoms with E-state index in [-0.39, 0.29) is 23.4 Å². The van der Waals surface area contributed by atoms with E-state index in [1.807, 2.05) is 36.5 Å². The Bertz CT molecular complexity index is 820. The second-order valence-corrected chi connectivity index (χ2v) is 8.08. The van der Waals surface area contributed by atoms with Gasteiger partial charge >= 0.3 is 0 Å². The van der Waals surface area contributed by atoms with Crippen molar-refractivity contribution in [3.05, 3.63) is 59.1 Å². The number of hydrogen-bond acceptors (Lipinski definition) is 3. The van der Waals surface area contributed by atoms with Crippen molar-refractivity contribution in [1.82, 2.24) is 0 Å². The molecule has 0 saturated heterocycles. The van der Waals surface area contributed by atoms with Gasteiger partial charge in [0.1, 0.15) is 6.04 Å². The Hall–Kier alpha value is -1.89. The van der Waals surface area contributed by atoms with Crippen LogP contribution in [0.25, 0.3) is 0 Å². The molecule has 0 fully saturated rings. The molecular weight excluding hydrogens is 348 g/mol. The molecule has 0 unspecified atom stereocenters. The molecule has 5 nitrogen and oxygen atoms in total. The number of nitrogens with one attached hydrogen (secondary N) is 1. The van der Waals surface area contributed by atoms with Gasteiger partial charge in [-0.15, -0.1) is 0 Å². The lowest BCUT2D eigenvalue weighted by atomic mass is 10.1. The van der Waals surface area contributed by atoms with Gasteiger partial charge in [0.2, 0.25) is 0 Å². The van der Waals surface area contributed by atoms with Crippen molar-refractivity contribution < 1.29 is 18.5 Å². The molecule has 0 aliphatic rings. The zero-order chi connectivity index (χ0) is 17.7. The number of quaternary nitrogens is 1. The van der Waals surface area contributed by atoms with Gasteiger partial charge in [0.05, 0.1) is 4.90 Å². The van der Waals surface area contributed by atoms with Crippen LogP contribution in [-0.4, -0.2) is 27.1 Å². The third kappa shape index (κ3) is 5.33. The maximum atomic E-state index is 12.1. The third-order valence-electron chi connectivity index (χ3n) is 3.60. The summed E-state index contributed by atoms with van der Waals surface area (Å²) < 4.78 is 23.1. The van der Waals surface area contributed by atoms with Crippen molar-refractivity contribution in [3.63, 3.8) is 0 Å². The van der Waals surface area contributed by atoms with Gasteiger partial charge in [0.25, 0.3) is 5.91 Å². The molecule has 0 aliphatic heterocycles. The van der Waals surface area contributed by atoms with E-state index < -0.39 is 9.84 Å². The largest absolute Gasteiger partial charge is 0.333 e. The standard InChI is InChI=1S/C17H19ClN2O3S/c1-12(13-6-8-14(18)9-7-13)19-11-17(21)20-15-4-3-5-16(10-15)24(2,22)23/h3-10,12,19H,11H2,1-2H3,(H,20,21)/p+1/t12-/m1/s1. The SMILES string of the molecule is C[C@@H]([NH2+]CC(=O)Nc1cccc(S(C)(=O)=O)c1)c1ccc(Cl)cc1. The molecule has 2 aromatic rings. The Morgan fingerprint density at radius 3 is 2.50 bits per heavy atom.